The van der Waals surface area contributed by atoms with E-state index >= 15 is 0 Å². The molecule has 3 aromatic rings. The van der Waals surface area contributed by atoms with Gasteiger partial charge in [-0.25, -0.2) is 4.98 Å². The van der Waals surface area contributed by atoms with Gasteiger partial charge in [0.05, 0.1) is 6.10 Å². The first-order chi connectivity index (χ1) is 15.6. The molecule has 8 heteroatoms. The zero-order chi connectivity index (χ0) is 24.2. The molecule has 0 N–H and O–H groups in total. The third kappa shape index (κ3) is 5.94. The Hall–Kier alpha value is -3.29. The van der Waals surface area contributed by atoms with Crippen LogP contribution in [0.25, 0.3) is 0 Å². The number of ether oxygens (including phenoxy) is 1. The number of aryl methyl sites for hydroxylation is 1. The van der Waals surface area contributed by atoms with Crippen LogP contribution in [0.2, 0.25) is 0 Å². The minimum absolute atomic E-state index is 0.0426. The zero-order valence-electron chi connectivity index (χ0n) is 19.5. The molecule has 0 bridgehead atoms. The van der Waals surface area contributed by atoms with Crippen LogP contribution in [-0.2, 0) is 12.6 Å². The second kappa shape index (κ2) is 10.1. The molecule has 0 radical (unpaired) electrons. The average Bonchev–Trinajstić information content (AvgIpc) is 2.78. The SMILES string of the molecule is CCCc1ccc(N(C)c2nc(N(C)c3ccc(OC(C)C)cc3)ncc2C(F)(F)F)cc1. The van der Waals surface area contributed by atoms with Gasteiger partial charge in [-0.1, -0.05) is 25.5 Å². The van der Waals surface area contributed by atoms with Gasteiger partial charge in [-0.2, -0.15) is 18.2 Å². The number of aromatic nitrogens is 2. The van der Waals surface area contributed by atoms with Crippen molar-refractivity contribution in [3.05, 3.63) is 65.9 Å². The van der Waals surface area contributed by atoms with Crippen molar-refractivity contribution >= 4 is 23.1 Å². The van der Waals surface area contributed by atoms with Gasteiger partial charge in [-0.05, 0) is 62.2 Å². The van der Waals surface area contributed by atoms with Gasteiger partial charge in [0.25, 0.3) is 0 Å². The highest BCUT2D eigenvalue weighted by atomic mass is 19.4. The van der Waals surface area contributed by atoms with E-state index in [4.69, 9.17) is 4.74 Å². The molecule has 0 aliphatic heterocycles. The summed E-state index contributed by atoms with van der Waals surface area (Å²) in [5, 5.41) is 0. The molecule has 0 saturated carbocycles. The molecular weight excluding hydrogens is 429 g/mol. The number of hydrogen-bond donors (Lipinski definition) is 0. The molecule has 0 spiro atoms. The number of hydrogen-bond acceptors (Lipinski definition) is 5. The monoisotopic (exact) mass is 458 g/mol. The largest absolute Gasteiger partial charge is 0.491 e. The topological polar surface area (TPSA) is 41.5 Å². The quantitative estimate of drug-likeness (QED) is 0.373. The smallest absolute Gasteiger partial charge is 0.421 e. The van der Waals surface area contributed by atoms with Gasteiger partial charge in [-0.15, -0.1) is 0 Å². The molecule has 0 amide bonds. The molecule has 0 aliphatic rings. The van der Waals surface area contributed by atoms with Crippen molar-refractivity contribution in [3.8, 4) is 5.75 Å². The second-order valence-electron chi connectivity index (χ2n) is 8.10. The Morgan fingerprint density at radius 1 is 0.909 bits per heavy atom. The average molecular weight is 459 g/mol. The number of rotatable bonds is 8. The highest BCUT2D eigenvalue weighted by molar-refractivity contribution is 5.66. The number of halogens is 3. The molecule has 0 aliphatic carbocycles. The van der Waals surface area contributed by atoms with E-state index in [2.05, 4.69) is 16.9 Å². The van der Waals surface area contributed by atoms with Gasteiger partial charge in [0.1, 0.15) is 11.3 Å². The molecule has 5 nitrogen and oxygen atoms in total. The first-order valence-corrected chi connectivity index (χ1v) is 10.9. The Morgan fingerprint density at radius 2 is 1.48 bits per heavy atom. The van der Waals surface area contributed by atoms with Gasteiger partial charge >= 0.3 is 6.18 Å². The highest BCUT2D eigenvalue weighted by Gasteiger charge is 2.37. The maximum absolute atomic E-state index is 13.8. The van der Waals surface area contributed by atoms with Gasteiger partial charge in [0.2, 0.25) is 5.95 Å². The first kappa shape index (κ1) is 24.4. The van der Waals surface area contributed by atoms with Crippen LogP contribution in [0.15, 0.2) is 54.7 Å². The summed E-state index contributed by atoms with van der Waals surface area (Å²) in [5.41, 5.74) is 1.59. The molecule has 3 rings (SSSR count). The highest BCUT2D eigenvalue weighted by Crippen LogP contribution is 2.38. The Kier molecular flexibility index (Phi) is 7.46. The minimum Gasteiger partial charge on any atom is -0.491 e. The molecule has 176 valence electrons. The van der Waals surface area contributed by atoms with Crippen molar-refractivity contribution in [3.63, 3.8) is 0 Å². The maximum atomic E-state index is 13.8. The van der Waals surface area contributed by atoms with E-state index in [1.807, 2.05) is 50.2 Å². The summed E-state index contributed by atoms with van der Waals surface area (Å²) in [6.07, 6.45) is -1.78. The number of nitrogens with zero attached hydrogens (tertiary/aromatic N) is 4. The van der Waals surface area contributed by atoms with Gasteiger partial charge in [-0.3, -0.25) is 0 Å². The lowest BCUT2D eigenvalue weighted by Crippen LogP contribution is -2.21. The zero-order valence-corrected chi connectivity index (χ0v) is 19.5. The fourth-order valence-corrected chi connectivity index (χ4v) is 3.41. The summed E-state index contributed by atoms with van der Waals surface area (Å²) >= 11 is 0. The molecule has 0 atom stereocenters. The first-order valence-electron chi connectivity index (χ1n) is 10.9. The van der Waals surface area contributed by atoms with Crippen LogP contribution >= 0.6 is 0 Å². The van der Waals surface area contributed by atoms with Crippen molar-refractivity contribution in [1.29, 1.82) is 0 Å². The summed E-state index contributed by atoms with van der Waals surface area (Å²) in [6, 6.07) is 14.7. The van der Waals surface area contributed by atoms with Crippen LogP contribution in [0.1, 0.15) is 38.3 Å². The summed E-state index contributed by atoms with van der Waals surface area (Å²) in [4.78, 5) is 11.4. The van der Waals surface area contributed by atoms with Crippen LogP contribution in [-0.4, -0.2) is 30.2 Å². The van der Waals surface area contributed by atoms with E-state index in [0.717, 1.165) is 30.3 Å². The molecule has 0 saturated heterocycles. The van der Waals surface area contributed by atoms with E-state index in [-0.39, 0.29) is 17.9 Å². The number of anilines is 4. The lowest BCUT2D eigenvalue weighted by Gasteiger charge is -2.25. The fraction of sp³-hybridized carbons (Fsp3) is 0.360. The van der Waals surface area contributed by atoms with E-state index in [0.29, 0.717) is 11.4 Å². The molecule has 1 heterocycles. The van der Waals surface area contributed by atoms with E-state index in [1.165, 1.54) is 4.90 Å². The van der Waals surface area contributed by atoms with E-state index in [1.54, 1.807) is 31.1 Å². The third-order valence-corrected chi connectivity index (χ3v) is 5.14. The fourth-order valence-electron chi connectivity index (χ4n) is 3.41. The Morgan fingerprint density at radius 3 is 2.03 bits per heavy atom. The van der Waals surface area contributed by atoms with Crippen molar-refractivity contribution in [2.75, 3.05) is 23.9 Å². The molecule has 1 aromatic heterocycles. The van der Waals surface area contributed by atoms with Crippen LogP contribution in [0, 0.1) is 0 Å². The maximum Gasteiger partial charge on any atom is 0.421 e. The molecule has 2 aromatic carbocycles. The standard InChI is InChI=1S/C25H29F3N4O/c1-6-7-18-8-10-19(11-9-18)31(4)23-22(25(26,27)28)16-29-24(30-23)32(5)20-12-14-21(15-13-20)33-17(2)3/h8-17H,6-7H2,1-5H3. The Bertz CT molecular complexity index is 1050. The van der Waals surface area contributed by atoms with Gasteiger partial charge in [0.15, 0.2) is 5.82 Å². The summed E-state index contributed by atoms with van der Waals surface area (Å²) in [5.74, 6) is 0.662. The molecule has 33 heavy (non-hydrogen) atoms. The van der Waals surface area contributed by atoms with Crippen LogP contribution in [0.3, 0.4) is 0 Å². The van der Waals surface area contributed by atoms with E-state index < -0.39 is 11.7 Å². The van der Waals surface area contributed by atoms with Gasteiger partial charge < -0.3 is 14.5 Å². The Labute approximate surface area is 192 Å². The van der Waals surface area contributed by atoms with Crippen molar-refractivity contribution in [2.45, 2.75) is 45.9 Å². The third-order valence-electron chi connectivity index (χ3n) is 5.14. The normalized spacial score (nSPS) is 11.5. The van der Waals surface area contributed by atoms with Crippen molar-refractivity contribution < 1.29 is 17.9 Å². The van der Waals surface area contributed by atoms with E-state index in [9.17, 15) is 13.2 Å². The number of benzene rings is 2. The predicted octanol–water partition coefficient (Wildman–Crippen LogP) is 6.77. The lowest BCUT2D eigenvalue weighted by atomic mass is 10.1. The van der Waals surface area contributed by atoms with Crippen molar-refractivity contribution in [2.24, 2.45) is 0 Å². The predicted molar refractivity (Wildman–Crippen MR) is 126 cm³/mol. The number of alkyl halides is 3. The minimum atomic E-state index is -4.58. The molecular formula is C25H29F3N4O. The summed E-state index contributed by atoms with van der Waals surface area (Å²) < 4.78 is 46.9. The van der Waals surface area contributed by atoms with Crippen LogP contribution < -0.4 is 14.5 Å². The molecule has 0 fully saturated rings. The lowest BCUT2D eigenvalue weighted by molar-refractivity contribution is -0.137. The second-order valence-corrected chi connectivity index (χ2v) is 8.10. The van der Waals surface area contributed by atoms with Crippen molar-refractivity contribution in [1.82, 2.24) is 9.97 Å². The van der Waals surface area contributed by atoms with Crippen LogP contribution in [0.4, 0.5) is 36.3 Å². The van der Waals surface area contributed by atoms with Crippen LogP contribution in [0.5, 0.6) is 5.75 Å². The summed E-state index contributed by atoms with van der Waals surface area (Å²) in [7, 11) is 3.29. The van der Waals surface area contributed by atoms with Gasteiger partial charge in [0, 0.05) is 31.7 Å². The summed E-state index contributed by atoms with van der Waals surface area (Å²) in [6.45, 7) is 5.95. The molecule has 0 unspecified atom stereocenters. The Balaban J connectivity index is 1.95.